The van der Waals surface area contributed by atoms with Gasteiger partial charge in [0.15, 0.2) is 0 Å². The van der Waals surface area contributed by atoms with Crippen LogP contribution in [0, 0.1) is 5.41 Å². The molecule has 3 nitrogen and oxygen atoms in total. The molecular weight excluding hydrogens is 234 g/mol. The Morgan fingerprint density at radius 3 is 2.37 bits per heavy atom. The average Bonchev–Trinajstić information content (AvgIpc) is 2.46. The summed E-state index contributed by atoms with van der Waals surface area (Å²) >= 11 is 0. The van der Waals surface area contributed by atoms with Crippen LogP contribution >= 0.6 is 0 Å². The summed E-state index contributed by atoms with van der Waals surface area (Å²) in [6.07, 6.45) is 10.9. The maximum Gasteiger partial charge on any atom is 0.0117 e. The Kier molecular flexibility index (Phi) is 5.67. The summed E-state index contributed by atoms with van der Waals surface area (Å²) in [6.45, 7) is 4.66. The maximum absolute atomic E-state index is 6.10. The number of hydrogen-bond donors (Lipinski definition) is 1. The number of piperidine rings is 1. The van der Waals surface area contributed by atoms with Crippen molar-refractivity contribution in [3.63, 3.8) is 0 Å². The van der Waals surface area contributed by atoms with E-state index in [1.54, 1.807) is 0 Å². The highest BCUT2D eigenvalue weighted by molar-refractivity contribution is 4.86. The fourth-order valence-electron chi connectivity index (χ4n) is 3.89. The molecule has 3 heteroatoms. The molecule has 0 spiro atoms. The second kappa shape index (κ2) is 7.05. The van der Waals surface area contributed by atoms with Crippen molar-refractivity contribution in [2.24, 2.45) is 11.1 Å². The van der Waals surface area contributed by atoms with Crippen LogP contribution in [0.5, 0.6) is 0 Å². The molecule has 1 heterocycles. The molecule has 1 saturated carbocycles. The number of hydrogen-bond acceptors (Lipinski definition) is 3. The predicted molar refractivity (Wildman–Crippen MR) is 82.3 cm³/mol. The van der Waals surface area contributed by atoms with E-state index in [4.69, 9.17) is 5.73 Å². The summed E-state index contributed by atoms with van der Waals surface area (Å²) in [5, 5.41) is 0. The van der Waals surface area contributed by atoms with E-state index in [1.807, 2.05) is 0 Å². The van der Waals surface area contributed by atoms with E-state index in [2.05, 4.69) is 23.9 Å². The van der Waals surface area contributed by atoms with Crippen LogP contribution in [0.2, 0.25) is 0 Å². The van der Waals surface area contributed by atoms with Gasteiger partial charge in [-0.15, -0.1) is 0 Å². The molecule has 0 amide bonds. The molecule has 0 aromatic heterocycles. The minimum atomic E-state index is 0.470. The maximum atomic E-state index is 6.10. The lowest BCUT2D eigenvalue weighted by molar-refractivity contribution is 0.108. The molecule has 2 N–H and O–H groups in total. The van der Waals surface area contributed by atoms with Crippen molar-refractivity contribution in [2.45, 2.75) is 57.4 Å². The van der Waals surface area contributed by atoms with Crippen molar-refractivity contribution in [3.05, 3.63) is 0 Å². The van der Waals surface area contributed by atoms with Gasteiger partial charge in [0.05, 0.1) is 0 Å². The first-order valence-electron chi connectivity index (χ1n) is 8.24. The van der Waals surface area contributed by atoms with Gasteiger partial charge >= 0.3 is 0 Å². The molecule has 1 aliphatic heterocycles. The summed E-state index contributed by atoms with van der Waals surface area (Å²) in [5.41, 5.74) is 6.57. The molecule has 1 saturated heterocycles. The topological polar surface area (TPSA) is 32.5 Å². The zero-order valence-electron chi connectivity index (χ0n) is 13.0. The third-order valence-corrected chi connectivity index (χ3v) is 5.65. The van der Waals surface area contributed by atoms with Crippen LogP contribution in [0.3, 0.4) is 0 Å². The van der Waals surface area contributed by atoms with Gasteiger partial charge in [-0.1, -0.05) is 19.3 Å². The quantitative estimate of drug-likeness (QED) is 0.830. The molecule has 1 aliphatic carbocycles. The minimum absolute atomic E-state index is 0.470. The number of nitrogens with two attached hydrogens (primary N) is 1. The number of nitrogens with zero attached hydrogens (tertiary/aromatic N) is 2. The third kappa shape index (κ3) is 4.17. The summed E-state index contributed by atoms with van der Waals surface area (Å²) < 4.78 is 0. The van der Waals surface area contributed by atoms with Gasteiger partial charge in [0.1, 0.15) is 0 Å². The first kappa shape index (κ1) is 15.3. The van der Waals surface area contributed by atoms with E-state index in [0.717, 1.165) is 12.6 Å². The smallest absolute Gasteiger partial charge is 0.0117 e. The molecule has 0 aromatic rings. The second-order valence-electron chi connectivity index (χ2n) is 7.03. The molecule has 2 aliphatic rings. The lowest BCUT2D eigenvalue weighted by Gasteiger charge is -2.40. The van der Waals surface area contributed by atoms with Gasteiger partial charge in [0.2, 0.25) is 0 Å². The lowest BCUT2D eigenvalue weighted by atomic mass is 9.72. The number of rotatable bonds is 5. The van der Waals surface area contributed by atoms with Crippen LogP contribution in [0.25, 0.3) is 0 Å². The van der Waals surface area contributed by atoms with E-state index in [1.165, 1.54) is 71.0 Å². The molecule has 0 radical (unpaired) electrons. The van der Waals surface area contributed by atoms with Crippen molar-refractivity contribution in [3.8, 4) is 0 Å². The Morgan fingerprint density at radius 1 is 1.16 bits per heavy atom. The second-order valence-corrected chi connectivity index (χ2v) is 7.03. The number of likely N-dealkylation sites (tertiary alicyclic amines) is 1. The highest BCUT2D eigenvalue weighted by atomic mass is 15.2. The van der Waals surface area contributed by atoms with Crippen molar-refractivity contribution in [1.82, 2.24) is 9.80 Å². The van der Waals surface area contributed by atoms with Crippen LogP contribution in [0.4, 0.5) is 0 Å². The molecule has 2 fully saturated rings. The molecule has 0 aromatic carbocycles. The largest absolute Gasteiger partial charge is 0.330 e. The normalized spacial score (nSPS) is 25.9. The van der Waals surface area contributed by atoms with Gasteiger partial charge in [0, 0.05) is 6.04 Å². The van der Waals surface area contributed by atoms with Gasteiger partial charge in [-0.25, -0.2) is 0 Å². The van der Waals surface area contributed by atoms with Crippen molar-refractivity contribution < 1.29 is 0 Å². The third-order valence-electron chi connectivity index (χ3n) is 5.65. The van der Waals surface area contributed by atoms with Gasteiger partial charge in [-0.3, -0.25) is 0 Å². The Morgan fingerprint density at radius 2 is 1.79 bits per heavy atom. The Labute approximate surface area is 119 Å². The van der Waals surface area contributed by atoms with E-state index in [-0.39, 0.29) is 0 Å². The van der Waals surface area contributed by atoms with E-state index < -0.39 is 0 Å². The van der Waals surface area contributed by atoms with E-state index in [0.29, 0.717) is 5.41 Å². The Bertz CT molecular complexity index is 253. The summed E-state index contributed by atoms with van der Waals surface area (Å²) in [6, 6.07) is 0.801. The molecular formula is C16H33N3. The zero-order valence-corrected chi connectivity index (χ0v) is 13.0. The standard InChI is InChI=1S/C16H33N3/c1-18-11-6-15(7-12-18)19(2)13-10-16(14-17)8-4-3-5-9-16/h15H,3-14,17H2,1-2H3. The molecule has 112 valence electrons. The fourth-order valence-corrected chi connectivity index (χ4v) is 3.89. The Balaban J connectivity index is 1.77. The highest BCUT2D eigenvalue weighted by Gasteiger charge is 2.31. The van der Waals surface area contributed by atoms with Crippen molar-refractivity contribution in [1.29, 1.82) is 0 Å². The molecule has 2 rings (SSSR count). The van der Waals surface area contributed by atoms with Crippen LogP contribution in [-0.2, 0) is 0 Å². The summed E-state index contributed by atoms with van der Waals surface area (Å²) in [7, 11) is 4.56. The van der Waals surface area contributed by atoms with Crippen LogP contribution in [-0.4, -0.2) is 56.1 Å². The van der Waals surface area contributed by atoms with Gasteiger partial charge < -0.3 is 15.5 Å². The van der Waals surface area contributed by atoms with Crippen molar-refractivity contribution in [2.75, 3.05) is 40.3 Å². The highest BCUT2D eigenvalue weighted by Crippen LogP contribution is 2.38. The molecule has 0 unspecified atom stereocenters. The Hall–Kier alpha value is -0.120. The monoisotopic (exact) mass is 267 g/mol. The predicted octanol–water partition coefficient (Wildman–Crippen LogP) is 2.31. The molecule has 0 atom stereocenters. The first-order chi connectivity index (χ1) is 9.15. The van der Waals surface area contributed by atoms with Crippen LogP contribution in [0.15, 0.2) is 0 Å². The summed E-state index contributed by atoms with van der Waals surface area (Å²) in [5.74, 6) is 0. The fraction of sp³-hybridized carbons (Fsp3) is 1.00. The van der Waals surface area contributed by atoms with Crippen molar-refractivity contribution >= 4 is 0 Å². The first-order valence-corrected chi connectivity index (χ1v) is 8.24. The van der Waals surface area contributed by atoms with Gasteiger partial charge in [0.25, 0.3) is 0 Å². The van der Waals surface area contributed by atoms with Crippen LogP contribution in [0.1, 0.15) is 51.4 Å². The summed E-state index contributed by atoms with van der Waals surface area (Å²) in [4.78, 5) is 5.06. The minimum Gasteiger partial charge on any atom is -0.330 e. The van der Waals surface area contributed by atoms with E-state index in [9.17, 15) is 0 Å². The average molecular weight is 267 g/mol. The molecule has 19 heavy (non-hydrogen) atoms. The van der Waals surface area contributed by atoms with Gasteiger partial charge in [-0.2, -0.15) is 0 Å². The lowest BCUT2D eigenvalue weighted by Crippen LogP contribution is -2.44. The van der Waals surface area contributed by atoms with Gasteiger partial charge in [-0.05, 0) is 77.8 Å². The van der Waals surface area contributed by atoms with E-state index >= 15 is 0 Å². The zero-order chi connectivity index (χ0) is 13.7. The molecule has 0 bridgehead atoms. The SMILES string of the molecule is CN1CCC(N(C)CCC2(CN)CCCCC2)CC1. The van der Waals surface area contributed by atoms with Crippen LogP contribution < -0.4 is 5.73 Å².